The quantitative estimate of drug-likeness (QED) is 0.851. The van der Waals surface area contributed by atoms with E-state index in [1.807, 2.05) is 0 Å². The number of carbonyl (C=O) groups excluding carboxylic acids is 1. The van der Waals surface area contributed by atoms with E-state index in [1.165, 1.54) is 12.1 Å². The predicted molar refractivity (Wildman–Crippen MR) is 65.8 cm³/mol. The average molecular weight is 336 g/mol. The number of nitrogens with one attached hydrogen (secondary N) is 1. The summed E-state index contributed by atoms with van der Waals surface area (Å²) >= 11 is 0. The lowest BCUT2D eigenvalue weighted by Gasteiger charge is -2.23. The third-order valence-electron chi connectivity index (χ3n) is 2.71. The van der Waals surface area contributed by atoms with E-state index in [9.17, 15) is 26.7 Å². The standard InChI is InChI=1S/C13H9F5N2O3/c14-12(15)23-9-4-2-1-3-7(9)10(13(16,17)18)20-11(21)8-5-22-6-19-8/h1-6,10,12H,(H,20,21)/t10-/m0/s1. The topological polar surface area (TPSA) is 64.4 Å². The van der Waals surface area contributed by atoms with Crippen molar-refractivity contribution < 1.29 is 35.9 Å². The molecule has 2 aromatic rings. The van der Waals surface area contributed by atoms with Gasteiger partial charge in [0.15, 0.2) is 18.1 Å². The molecule has 23 heavy (non-hydrogen) atoms. The van der Waals surface area contributed by atoms with Crippen LogP contribution < -0.4 is 10.1 Å². The molecule has 0 bridgehead atoms. The highest BCUT2D eigenvalue weighted by Crippen LogP contribution is 2.37. The highest BCUT2D eigenvalue weighted by molar-refractivity contribution is 5.92. The van der Waals surface area contributed by atoms with E-state index >= 15 is 0 Å². The Morgan fingerprint density at radius 2 is 1.96 bits per heavy atom. The third-order valence-corrected chi connectivity index (χ3v) is 2.71. The molecule has 2 rings (SSSR count). The molecule has 0 spiro atoms. The molecule has 1 heterocycles. The van der Waals surface area contributed by atoms with Gasteiger partial charge in [-0.2, -0.15) is 22.0 Å². The zero-order valence-electron chi connectivity index (χ0n) is 11.2. The van der Waals surface area contributed by atoms with Crippen LogP contribution in [0.1, 0.15) is 22.1 Å². The maximum absolute atomic E-state index is 13.2. The van der Waals surface area contributed by atoms with Crippen LogP contribution in [0.2, 0.25) is 0 Å². The number of alkyl halides is 5. The SMILES string of the molecule is O=C(N[C@@H](c1ccccc1OC(F)F)C(F)(F)F)c1cocn1. The summed E-state index contributed by atoms with van der Waals surface area (Å²) in [5, 5.41) is 1.68. The summed E-state index contributed by atoms with van der Waals surface area (Å²) in [6.45, 7) is -3.31. The fraction of sp³-hybridized carbons (Fsp3) is 0.231. The summed E-state index contributed by atoms with van der Waals surface area (Å²) in [7, 11) is 0. The van der Waals surface area contributed by atoms with Gasteiger partial charge in [0.2, 0.25) is 0 Å². The maximum Gasteiger partial charge on any atom is 0.413 e. The van der Waals surface area contributed by atoms with E-state index in [2.05, 4.69) is 14.1 Å². The normalized spacial score (nSPS) is 13.0. The van der Waals surface area contributed by atoms with Crippen LogP contribution in [-0.2, 0) is 0 Å². The molecule has 1 aromatic carbocycles. The zero-order chi connectivity index (χ0) is 17.0. The Kier molecular flexibility index (Phi) is 4.82. The molecule has 0 aliphatic heterocycles. The average Bonchev–Trinajstić information content (AvgIpc) is 2.98. The van der Waals surface area contributed by atoms with Crippen LogP contribution in [0.15, 0.2) is 41.3 Å². The first-order valence-electron chi connectivity index (χ1n) is 6.08. The van der Waals surface area contributed by atoms with Crippen molar-refractivity contribution in [3.63, 3.8) is 0 Å². The monoisotopic (exact) mass is 336 g/mol. The molecule has 0 aliphatic rings. The summed E-state index contributed by atoms with van der Waals surface area (Å²) in [6, 6.07) is 1.76. The van der Waals surface area contributed by atoms with Gasteiger partial charge in [-0.3, -0.25) is 4.79 Å². The van der Waals surface area contributed by atoms with E-state index in [0.29, 0.717) is 0 Å². The molecule has 0 fully saturated rings. The minimum Gasteiger partial charge on any atom is -0.451 e. The highest BCUT2D eigenvalue weighted by Gasteiger charge is 2.44. The van der Waals surface area contributed by atoms with Crippen molar-refractivity contribution in [3.05, 3.63) is 48.2 Å². The fourth-order valence-electron chi connectivity index (χ4n) is 1.79. The van der Waals surface area contributed by atoms with Crippen LogP contribution in [-0.4, -0.2) is 23.7 Å². The number of amides is 1. The summed E-state index contributed by atoms with van der Waals surface area (Å²) in [5.41, 5.74) is -1.04. The van der Waals surface area contributed by atoms with Gasteiger partial charge in [-0.05, 0) is 6.07 Å². The number of hydrogen-bond donors (Lipinski definition) is 1. The molecule has 0 aliphatic carbocycles. The Bertz CT molecular complexity index is 658. The van der Waals surface area contributed by atoms with Gasteiger partial charge in [0.25, 0.3) is 5.91 Å². The number of hydrogen-bond acceptors (Lipinski definition) is 4. The van der Waals surface area contributed by atoms with E-state index in [1.54, 1.807) is 5.32 Å². The second kappa shape index (κ2) is 6.63. The molecule has 1 atom stereocenters. The number of benzene rings is 1. The molecule has 124 valence electrons. The number of nitrogens with zero attached hydrogens (tertiary/aromatic N) is 1. The number of para-hydroxylation sites is 1. The first-order valence-corrected chi connectivity index (χ1v) is 6.08. The van der Waals surface area contributed by atoms with Gasteiger partial charge in [0, 0.05) is 5.56 Å². The van der Waals surface area contributed by atoms with Gasteiger partial charge in [0.05, 0.1) is 0 Å². The summed E-state index contributed by atoms with van der Waals surface area (Å²) in [4.78, 5) is 15.2. The van der Waals surface area contributed by atoms with Gasteiger partial charge >= 0.3 is 12.8 Å². The molecule has 0 saturated heterocycles. The van der Waals surface area contributed by atoms with E-state index in [4.69, 9.17) is 0 Å². The van der Waals surface area contributed by atoms with Crippen molar-refractivity contribution in [3.8, 4) is 5.75 Å². The molecule has 0 unspecified atom stereocenters. The lowest BCUT2D eigenvalue weighted by atomic mass is 10.0. The van der Waals surface area contributed by atoms with Crippen LogP contribution in [0.4, 0.5) is 22.0 Å². The minimum absolute atomic E-state index is 0.383. The van der Waals surface area contributed by atoms with Crippen LogP contribution in [0.5, 0.6) is 5.75 Å². The molecule has 0 radical (unpaired) electrons. The zero-order valence-corrected chi connectivity index (χ0v) is 11.2. The van der Waals surface area contributed by atoms with Crippen LogP contribution >= 0.6 is 0 Å². The Balaban J connectivity index is 2.35. The highest BCUT2D eigenvalue weighted by atomic mass is 19.4. The molecular formula is C13H9F5N2O3. The predicted octanol–water partition coefficient (Wildman–Crippen LogP) is 3.31. The van der Waals surface area contributed by atoms with Gasteiger partial charge < -0.3 is 14.5 Å². The summed E-state index contributed by atoms with van der Waals surface area (Å²) in [5.74, 6) is -1.86. The van der Waals surface area contributed by atoms with E-state index in [-0.39, 0.29) is 5.69 Å². The first-order chi connectivity index (χ1) is 10.8. The maximum atomic E-state index is 13.2. The molecule has 0 saturated carbocycles. The third kappa shape index (κ3) is 4.18. The largest absolute Gasteiger partial charge is 0.451 e. The van der Waals surface area contributed by atoms with Gasteiger partial charge in [-0.15, -0.1) is 0 Å². The van der Waals surface area contributed by atoms with Crippen molar-refractivity contribution in [2.45, 2.75) is 18.8 Å². The van der Waals surface area contributed by atoms with Crippen LogP contribution in [0.3, 0.4) is 0 Å². The first kappa shape index (κ1) is 16.7. The van der Waals surface area contributed by atoms with Crippen molar-refractivity contribution in [2.75, 3.05) is 0 Å². The lowest BCUT2D eigenvalue weighted by Crippen LogP contribution is -2.38. The van der Waals surface area contributed by atoms with Crippen molar-refractivity contribution >= 4 is 5.91 Å². The number of ether oxygens (including phenoxy) is 1. The number of carbonyl (C=O) groups is 1. The van der Waals surface area contributed by atoms with Crippen molar-refractivity contribution in [1.29, 1.82) is 0 Å². The van der Waals surface area contributed by atoms with Crippen LogP contribution in [0, 0.1) is 0 Å². The summed E-state index contributed by atoms with van der Waals surface area (Å²) < 4.78 is 72.9. The molecule has 10 heteroatoms. The number of halogens is 5. The van der Waals surface area contributed by atoms with Crippen LogP contribution in [0.25, 0.3) is 0 Å². The van der Waals surface area contributed by atoms with E-state index < -0.39 is 36.0 Å². The Labute approximate surface area is 126 Å². The molecular weight excluding hydrogens is 327 g/mol. The molecule has 1 amide bonds. The van der Waals surface area contributed by atoms with Gasteiger partial charge in [-0.1, -0.05) is 18.2 Å². The minimum atomic E-state index is -4.94. The van der Waals surface area contributed by atoms with E-state index in [0.717, 1.165) is 24.8 Å². The number of aromatic nitrogens is 1. The number of oxazole rings is 1. The Morgan fingerprint density at radius 3 is 2.52 bits per heavy atom. The molecule has 1 aromatic heterocycles. The fourth-order valence-corrected chi connectivity index (χ4v) is 1.79. The molecule has 1 N–H and O–H groups in total. The Morgan fingerprint density at radius 1 is 1.26 bits per heavy atom. The van der Waals surface area contributed by atoms with Crippen molar-refractivity contribution in [2.24, 2.45) is 0 Å². The Hall–Kier alpha value is -2.65. The smallest absolute Gasteiger partial charge is 0.413 e. The second-order valence-electron chi connectivity index (χ2n) is 4.24. The number of rotatable bonds is 5. The van der Waals surface area contributed by atoms with Gasteiger partial charge in [0.1, 0.15) is 12.0 Å². The molecule has 5 nitrogen and oxygen atoms in total. The van der Waals surface area contributed by atoms with Gasteiger partial charge in [-0.25, -0.2) is 4.98 Å². The summed E-state index contributed by atoms with van der Waals surface area (Å²) in [6.07, 6.45) is -3.23. The lowest BCUT2D eigenvalue weighted by molar-refractivity contribution is -0.156. The van der Waals surface area contributed by atoms with Crippen molar-refractivity contribution in [1.82, 2.24) is 10.3 Å². The second-order valence-corrected chi connectivity index (χ2v) is 4.24.